The fourth-order valence-corrected chi connectivity index (χ4v) is 2.80. The minimum Gasteiger partial charge on any atom is -0.445 e. The molecule has 4 nitrogen and oxygen atoms in total. The predicted molar refractivity (Wildman–Crippen MR) is 102 cm³/mol. The lowest BCUT2D eigenvalue weighted by Gasteiger charge is -2.25. The van der Waals surface area contributed by atoms with Crippen LogP contribution in [-0.2, 0) is 11.3 Å². The molecule has 0 aromatic heterocycles. The highest BCUT2D eigenvalue weighted by Crippen LogP contribution is 2.26. The first-order valence-electron chi connectivity index (χ1n) is 8.57. The van der Waals surface area contributed by atoms with Gasteiger partial charge in [-0.3, -0.25) is 0 Å². The van der Waals surface area contributed by atoms with Crippen molar-refractivity contribution < 1.29 is 9.53 Å². The van der Waals surface area contributed by atoms with Crippen molar-refractivity contribution in [1.29, 1.82) is 0 Å². The van der Waals surface area contributed by atoms with E-state index >= 15 is 0 Å². The predicted octanol–water partition coefficient (Wildman–Crippen LogP) is 4.35. The normalized spacial score (nSPS) is 12.8. The van der Waals surface area contributed by atoms with E-state index in [9.17, 15) is 4.79 Å². The van der Waals surface area contributed by atoms with E-state index in [1.54, 1.807) is 0 Å². The molecule has 3 aromatic rings. The molecule has 4 heteroatoms. The van der Waals surface area contributed by atoms with Crippen LogP contribution in [0.4, 0.5) is 4.79 Å². The van der Waals surface area contributed by atoms with Crippen LogP contribution in [0.5, 0.6) is 0 Å². The van der Waals surface area contributed by atoms with E-state index in [1.165, 1.54) is 0 Å². The molecule has 0 heterocycles. The molecule has 3 N–H and O–H groups in total. The van der Waals surface area contributed by atoms with Crippen LogP contribution in [0.25, 0.3) is 0 Å². The van der Waals surface area contributed by atoms with Crippen molar-refractivity contribution in [2.75, 3.05) is 0 Å². The van der Waals surface area contributed by atoms with Crippen LogP contribution in [0, 0.1) is 0 Å². The van der Waals surface area contributed by atoms with Gasteiger partial charge >= 0.3 is 6.09 Å². The van der Waals surface area contributed by atoms with Gasteiger partial charge in [0.2, 0.25) is 0 Å². The van der Waals surface area contributed by atoms with Gasteiger partial charge in [0, 0.05) is 0 Å². The summed E-state index contributed by atoms with van der Waals surface area (Å²) in [6, 6.07) is 28.2. The molecule has 26 heavy (non-hydrogen) atoms. The summed E-state index contributed by atoms with van der Waals surface area (Å²) in [4.78, 5) is 12.3. The summed E-state index contributed by atoms with van der Waals surface area (Å²) in [5.74, 6) is 0. The van der Waals surface area contributed by atoms with Crippen LogP contribution < -0.4 is 11.1 Å². The first kappa shape index (κ1) is 17.7. The summed E-state index contributed by atoms with van der Waals surface area (Å²) in [7, 11) is 0. The average Bonchev–Trinajstić information content (AvgIpc) is 2.72. The number of benzene rings is 3. The number of carbonyl (C=O) groups excluding carboxylic acids is 1. The quantitative estimate of drug-likeness (QED) is 0.697. The number of ether oxygens (including phenoxy) is 1. The lowest BCUT2D eigenvalue weighted by Crippen LogP contribution is -2.36. The number of nitrogens with one attached hydrogen (secondary N) is 1. The Morgan fingerprint density at radius 2 is 1.31 bits per heavy atom. The molecule has 0 spiro atoms. The van der Waals surface area contributed by atoms with Crippen LogP contribution in [0.3, 0.4) is 0 Å². The molecule has 0 fully saturated rings. The zero-order valence-corrected chi connectivity index (χ0v) is 14.4. The second kappa shape index (κ2) is 8.83. The maximum atomic E-state index is 12.3. The standard InChI is InChI=1S/C22H22N2O2/c23-20(18-12-6-2-7-13-18)21(19-14-8-3-9-15-19)24-22(25)26-16-17-10-4-1-5-11-17/h1-15,20-21H,16,23H2,(H,24,25)/t20-,21-/m1/s1. The van der Waals surface area contributed by atoms with Crippen LogP contribution in [0.15, 0.2) is 91.0 Å². The molecule has 2 atom stereocenters. The van der Waals surface area contributed by atoms with E-state index < -0.39 is 6.09 Å². The third-order valence-corrected chi connectivity index (χ3v) is 4.19. The number of alkyl carbamates (subject to hydrolysis) is 1. The van der Waals surface area contributed by atoms with Crippen LogP contribution in [0.2, 0.25) is 0 Å². The Hall–Kier alpha value is -3.11. The van der Waals surface area contributed by atoms with Crippen molar-refractivity contribution in [3.8, 4) is 0 Å². The molecule has 3 rings (SSSR count). The Kier molecular flexibility index (Phi) is 6.01. The largest absolute Gasteiger partial charge is 0.445 e. The molecule has 0 unspecified atom stereocenters. The maximum absolute atomic E-state index is 12.3. The molecular formula is C22H22N2O2. The van der Waals surface area contributed by atoms with Gasteiger partial charge in [-0.2, -0.15) is 0 Å². The monoisotopic (exact) mass is 346 g/mol. The van der Waals surface area contributed by atoms with E-state index in [1.807, 2.05) is 91.0 Å². The van der Waals surface area contributed by atoms with Crippen LogP contribution >= 0.6 is 0 Å². The van der Waals surface area contributed by atoms with Crippen LogP contribution in [0.1, 0.15) is 28.8 Å². The average molecular weight is 346 g/mol. The summed E-state index contributed by atoms with van der Waals surface area (Å²) in [6.45, 7) is 0.217. The second-order valence-electron chi connectivity index (χ2n) is 6.03. The summed E-state index contributed by atoms with van der Waals surface area (Å²) < 4.78 is 5.36. The topological polar surface area (TPSA) is 64.3 Å². The number of carbonyl (C=O) groups is 1. The lowest BCUT2D eigenvalue weighted by molar-refractivity contribution is 0.134. The van der Waals surface area contributed by atoms with Crippen molar-refractivity contribution in [3.05, 3.63) is 108 Å². The highest BCUT2D eigenvalue weighted by atomic mass is 16.5. The van der Waals surface area contributed by atoms with Gasteiger partial charge in [0.15, 0.2) is 0 Å². The zero-order chi connectivity index (χ0) is 18.2. The molecule has 0 saturated heterocycles. The van der Waals surface area contributed by atoms with Crippen molar-refractivity contribution in [3.63, 3.8) is 0 Å². The van der Waals surface area contributed by atoms with Gasteiger partial charge in [-0.25, -0.2) is 4.79 Å². The van der Waals surface area contributed by atoms with Gasteiger partial charge in [0.1, 0.15) is 6.61 Å². The summed E-state index contributed by atoms with van der Waals surface area (Å²) in [6.07, 6.45) is -0.492. The van der Waals surface area contributed by atoms with E-state index in [0.717, 1.165) is 16.7 Å². The van der Waals surface area contributed by atoms with E-state index in [-0.39, 0.29) is 18.7 Å². The molecule has 132 valence electrons. The highest BCUT2D eigenvalue weighted by molar-refractivity contribution is 5.68. The summed E-state index contributed by atoms with van der Waals surface area (Å²) in [5.41, 5.74) is 9.27. The molecule has 0 aliphatic rings. The molecule has 3 aromatic carbocycles. The maximum Gasteiger partial charge on any atom is 0.408 e. The van der Waals surface area contributed by atoms with Crippen molar-refractivity contribution in [1.82, 2.24) is 5.32 Å². The van der Waals surface area contributed by atoms with Gasteiger partial charge < -0.3 is 15.8 Å². The van der Waals surface area contributed by atoms with Gasteiger partial charge in [-0.1, -0.05) is 91.0 Å². The molecule has 0 bridgehead atoms. The van der Waals surface area contributed by atoms with Crippen molar-refractivity contribution in [2.24, 2.45) is 5.73 Å². The summed E-state index contributed by atoms with van der Waals surface area (Å²) in [5, 5.41) is 2.92. The minimum absolute atomic E-state index is 0.217. The zero-order valence-electron chi connectivity index (χ0n) is 14.4. The van der Waals surface area contributed by atoms with Crippen LogP contribution in [-0.4, -0.2) is 6.09 Å². The third-order valence-electron chi connectivity index (χ3n) is 4.19. The summed E-state index contributed by atoms with van der Waals surface area (Å²) >= 11 is 0. The first-order valence-corrected chi connectivity index (χ1v) is 8.57. The molecule has 0 aliphatic carbocycles. The minimum atomic E-state index is -0.492. The van der Waals surface area contributed by atoms with Gasteiger partial charge in [0.25, 0.3) is 0 Å². The van der Waals surface area contributed by atoms with Gasteiger partial charge in [-0.05, 0) is 16.7 Å². The number of hydrogen-bond acceptors (Lipinski definition) is 3. The Balaban J connectivity index is 1.72. The SMILES string of the molecule is N[C@H](c1ccccc1)[C@H](NC(=O)OCc1ccccc1)c1ccccc1. The Morgan fingerprint density at radius 3 is 1.88 bits per heavy atom. The smallest absolute Gasteiger partial charge is 0.408 e. The molecule has 0 aliphatic heterocycles. The van der Waals surface area contributed by atoms with Gasteiger partial charge in [-0.15, -0.1) is 0 Å². The number of nitrogens with two attached hydrogens (primary N) is 1. The highest BCUT2D eigenvalue weighted by Gasteiger charge is 2.23. The Labute approximate surface area is 153 Å². The Morgan fingerprint density at radius 1 is 0.808 bits per heavy atom. The number of amides is 1. The Bertz CT molecular complexity index is 807. The van der Waals surface area contributed by atoms with E-state index in [0.29, 0.717) is 0 Å². The lowest BCUT2D eigenvalue weighted by atomic mass is 9.94. The van der Waals surface area contributed by atoms with E-state index in [2.05, 4.69) is 5.32 Å². The second-order valence-corrected chi connectivity index (χ2v) is 6.03. The fraction of sp³-hybridized carbons (Fsp3) is 0.136. The van der Waals surface area contributed by atoms with Gasteiger partial charge in [0.05, 0.1) is 12.1 Å². The van der Waals surface area contributed by atoms with E-state index in [4.69, 9.17) is 10.5 Å². The third kappa shape index (κ3) is 4.71. The first-order chi connectivity index (χ1) is 12.7. The number of rotatable bonds is 6. The molecule has 1 amide bonds. The fourth-order valence-electron chi connectivity index (χ4n) is 2.80. The number of hydrogen-bond donors (Lipinski definition) is 2. The molecule has 0 saturated carbocycles. The van der Waals surface area contributed by atoms with Crippen molar-refractivity contribution in [2.45, 2.75) is 18.7 Å². The molecule has 0 radical (unpaired) electrons. The van der Waals surface area contributed by atoms with Crippen molar-refractivity contribution >= 4 is 6.09 Å². The molecular weight excluding hydrogens is 324 g/mol.